The summed E-state index contributed by atoms with van der Waals surface area (Å²) in [5.74, 6) is -1.32. The molecule has 0 saturated heterocycles. The summed E-state index contributed by atoms with van der Waals surface area (Å²) in [7, 11) is 0. The van der Waals surface area contributed by atoms with Gasteiger partial charge in [0, 0.05) is 11.3 Å². The molecule has 0 saturated carbocycles. The summed E-state index contributed by atoms with van der Waals surface area (Å²) in [6.07, 6.45) is -0.182. The van der Waals surface area contributed by atoms with Crippen LogP contribution in [0.3, 0.4) is 0 Å². The van der Waals surface area contributed by atoms with Crippen molar-refractivity contribution in [3.63, 3.8) is 0 Å². The number of carbonyl (C=O) groups excluding carboxylic acids is 1. The molecule has 0 fully saturated rings. The molecule has 0 spiro atoms. The number of anilines is 1. The highest BCUT2D eigenvalue weighted by atomic mass is 16.4. The summed E-state index contributed by atoms with van der Waals surface area (Å²) >= 11 is 0. The van der Waals surface area contributed by atoms with Crippen molar-refractivity contribution in [2.24, 2.45) is 0 Å². The number of aliphatic carboxylic acids is 1. The SMILES string of the molecule is Nc1cccc(C(=O)N[C@@H](CC(=O)O)c2ccccc2)c1. The van der Waals surface area contributed by atoms with Gasteiger partial charge in [0.2, 0.25) is 0 Å². The number of hydrogen-bond donors (Lipinski definition) is 3. The van der Waals surface area contributed by atoms with Crippen molar-refractivity contribution in [1.82, 2.24) is 5.32 Å². The Hall–Kier alpha value is -2.82. The van der Waals surface area contributed by atoms with Gasteiger partial charge in [-0.2, -0.15) is 0 Å². The number of nitrogens with one attached hydrogen (secondary N) is 1. The van der Waals surface area contributed by atoms with Crippen LogP contribution in [0.15, 0.2) is 54.6 Å². The molecule has 0 unspecified atom stereocenters. The lowest BCUT2D eigenvalue weighted by Crippen LogP contribution is -2.30. The van der Waals surface area contributed by atoms with Crippen molar-refractivity contribution >= 4 is 17.6 Å². The van der Waals surface area contributed by atoms with E-state index in [-0.39, 0.29) is 12.3 Å². The zero-order valence-electron chi connectivity index (χ0n) is 11.3. The third-order valence-corrected chi connectivity index (χ3v) is 3.03. The average Bonchev–Trinajstić information content (AvgIpc) is 2.47. The van der Waals surface area contributed by atoms with Crippen molar-refractivity contribution in [2.45, 2.75) is 12.5 Å². The standard InChI is InChI=1S/C16H16N2O3/c17-13-8-4-7-12(9-13)16(21)18-14(10-15(19)20)11-5-2-1-3-6-11/h1-9,14H,10,17H2,(H,18,21)(H,19,20)/t14-/m0/s1. The molecule has 0 aromatic heterocycles. The predicted octanol–water partition coefficient (Wildman–Crippen LogP) is 2.21. The smallest absolute Gasteiger partial charge is 0.305 e. The van der Waals surface area contributed by atoms with E-state index in [0.29, 0.717) is 11.3 Å². The quantitative estimate of drug-likeness (QED) is 0.734. The first-order chi connectivity index (χ1) is 10.1. The molecule has 5 nitrogen and oxygen atoms in total. The van der Waals surface area contributed by atoms with Gasteiger partial charge in [0.05, 0.1) is 12.5 Å². The lowest BCUT2D eigenvalue weighted by atomic mass is 10.0. The number of carbonyl (C=O) groups is 2. The highest BCUT2D eigenvalue weighted by Gasteiger charge is 2.18. The fraction of sp³-hybridized carbons (Fsp3) is 0.125. The number of rotatable bonds is 5. The highest BCUT2D eigenvalue weighted by Crippen LogP contribution is 2.17. The molecule has 0 radical (unpaired) electrons. The molecule has 2 aromatic carbocycles. The third-order valence-electron chi connectivity index (χ3n) is 3.03. The number of nitrogens with two attached hydrogens (primary N) is 1. The van der Waals surface area contributed by atoms with E-state index in [1.165, 1.54) is 0 Å². The molecule has 1 amide bonds. The van der Waals surface area contributed by atoms with E-state index in [1.54, 1.807) is 48.5 Å². The second kappa shape index (κ2) is 6.56. The van der Waals surface area contributed by atoms with Gasteiger partial charge in [-0.15, -0.1) is 0 Å². The Morgan fingerprint density at radius 1 is 1.10 bits per heavy atom. The Labute approximate surface area is 122 Å². The molecule has 0 heterocycles. The van der Waals surface area contributed by atoms with Gasteiger partial charge in [0.25, 0.3) is 5.91 Å². The Morgan fingerprint density at radius 2 is 1.81 bits per heavy atom. The second-order valence-electron chi connectivity index (χ2n) is 4.66. The fourth-order valence-corrected chi connectivity index (χ4v) is 2.03. The second-order valence-corrected chi connectivity index (χ2v) is 4.66. The van der Waals surface area contributed by atoms with Gasteiger partial charge in [-0.25, -0.2) is 0 Å². The Morgan fingerprint density at radius 3 is 2.43 bits per heavy atom. The molecule has 2 rings (SSSR count). The molecule has 0 bridgehead atoms. The lowest BCUT2D eigenvalue weighted by Gasteiger charge is -2.17. The maximum absolute atomic E-state index is 12.2. The minimum atomic E-state index is -0.975. The van der Waals surface area contributed by atoms with E-state index >= 15 is 0 Å². The number of benzene rings is 2. The first-order valence-electron chi connectivity index (χ1n) is 6.49. The molecule has 5 heteroatoms. The van der Waals surface area contributed by atoms with Crippen molar-refractivity contribution in [1.29, 1.82) is 0 Å². The van der Waals surface area contributed by atoms with Gasteiger partial charge >= 0.3 is 5.97 Å². The van der Waals surface area contributed by atoms with Gasteiger partial charge in [-0.05, 0) is 23.8 Å². The Kier molecular flexibility index (Phi) is 4.56. The Bertz CT molecular complexity index is 641. The summed E-state index contributed by atoms with van der Waals surface area (Å²) in [6, 6.07) is 15.0. The average molecular weight is 284 g/mol. The molecule has 4 N–H and O–H groups in total. The van der Waals surface area contributed by atoms with Gasteiger partial charge in [-0.3, -0.25) is 9.59 Å². The van der Waals surface area contributed by atoms with Crippen molar-refractivity contribution < 1.29 is 14.7 Å². The van der Waals surface area contributed by atoms with E-state index in [1.807, 2.05) is 6.07 Å². The molecule has 0 aliphatic heterocycles. The third kappa shape index (κ3) is 4.07. The minimum Gasteiger partial charge on any atom is -0.481 e. The van der Waals surface area contributed by atoms with Gasteiger partial charge in [0.15, 0.2) is 0 Å². The van der Waals surface area contributed by atoms with Crippen molar-refractivity contribution in [3.05, 3.63) is 65.7 Å². The number of carboxylic acid groups (broad SMARTS) is 1. The molecule has 0 aliphatic carbocycles. The molecule has 2 aromatic rings. The largest absolute Gasteiger partial charge is 0.481 e. The first-order valence-corrected chi connectivity index (χ1v) is 6.49. The van der Waals surface area contributed by atoms with Crippen LogP contribution in [0.25, 0.3) is 0 Å². The van der Waals surface area contributed by atoms with Crippen LogP contribution < -0.4 is 11.1 Å². The molecule has 0 aliphatic rings. The Balaban J connectivity index is 2.19. The zero-order valence-corrected chi connectivity index (χ0v) is 11.3. The van der Waals surface area contributed by atoms with E-state index < -0.39 is 12.0 Å². The van der Waals surface area contributed by atoms with E-state index in [9.17, 15) is 9.59 Å². The van der Waals surface area contributed by atoms with Gasteiger partial charge in [0.1, 0.15) is 0 Å². The zero-order chi connectivity index (χ0) is 15.2. The van der Waals surface area contributed by atoms with Crippen LogP contribution in [0, 0.1) is 0 Å². The minimum absolute atomic E-state index is 0.182. The summed E-state index contributed by atoms with van der Waals surface area (Å²) in [6.45, 7) is 0. The number of hydrogen-bond acceptors (Lipinski definition) is 3. The lowest BCUT2D eigenvalue weighted by molar-refractivity contribution is -0.137. The maximum atomic E-state index is 12.2. The van der Waals surface area contributed by atoms with Crippen LogP contribution in [0.1, 0.15) is 28.4 Å². The van der Waals surface area contributed by atoms with E-state index in [0.717, 1.165) is 5.56 Å². The molecular formula is C16H16N2O3. The summed E-state index contributed by atoms with van der Waals surface area (Å²) < 4.78 is 0. The van der Waals surface area contributed by atoms with Gasteiger partial charge < -0.3 is 16.2 Å². The van der Waals surface area contributed by atoms with Crippen molar-refractivity contribution in [2.75, 3.05) is 5.73 Å². The van der Waals surface area contributed by atoms with Gasteiger partial charge in [-0.1, -0.05) is 36.4 Å². The molecular weight excluding hydrogens is 268 g/mol. The maximum Gasteiger partial charge on any atom is 0.305 e. The summed E-state index contributed by atoms with van der Waals surface area (Å²) in [4.78, 5) is 23.2. The molecule has 108 valence electrons. The number of carboxylic acids is 1. The molecule has 1 atom stereocenters. The van der Waals surface area contributed by atoms with E-state index in [2.05, 4.69) is 5.32 Å². The van der Waals surface area contributed by atoms with Crippen LogP contribution in [-0.2, 0) is 4.79 Å². The topological polar surface area (TPSA) is 92.4 Å². The highest BCUT2D eigenvalue weighted by molar-refractivity contribution is 5.95. The fourth-order valence-electron chi connectivity index (χ4n) is 2.03. The number of amides is 1. The summed E-state index contributed by atoms with van der Waals surface area (Å²) in [5, 5.41) is 11.7. The van der Waals surface area contributed by atoms with Crippen LogP contribution in [0.4, 0.5) is 5.69 Å². The van der Waals surface area contributed by atoms with Crippen LogP contribution in [0.5, 0.6) is 0 Å². The molecule has 21 heavy (non-hydrogen) atoms. The monoisotopic (exact) mass is 284 g/mol. The first kappa shape index (κ1) is 14.6. The van der Waals surface area contributed by atoms with Crippen LogP contribution in [0.2, 0.25) is 0 Å². The van der Waals surface area contributed by atoms with Crippen LogP contribution in [-0.4, -0.2) is 17.0 Å². The summed E-state index contributed by atoms with van der Waals surface area (Å²) in [5.41, 5.74) is 7.28. The van der Waals surface area contributed by atoms with Crippen molar-refractivity contribution in [3.8, 4) is 0 Å². The number of nitrogen functional groups attached to an aromatic ring is 1. The van der Waals surface area contributed by atoms with Crippen LogP contribution >= 0.6 is 0 Å². The van der Waals surface area contributed by atoms with E-state index in [4.69, 9.17) is 10.8 Å². The predicted molar refractivity (Wildman–Crippen MR) is 79.8 cm³/mol. The normalized spacial score (nSPS) is 11.6.